The molecule has 300 valence electrons. The van der Waals surface area contributed by atoms with E-state index in [9.17, 15) is 0 Å². The Morgan fingerprint density at radius 3 is 0.949 bits per heavy atom. The third-order valence-electron chi connectivity index (χ3n) is 11.0. The lowest BCUT2D eigenvalue weighted by Crippen LogP contribution is -2.17. The van der Waals surface area contributed by atoms with Crippen LogP contribution in [0.3, 0.4) is 0 Å². The van der Waals surface area contributed by atoms with E-state index < -0.39 is 0 Å². The Bertz CT molecular complexity index is 2390. The van der Waals surface area contributed by atoms with Gasteiger partial charge in [-0.1, -0.05) is 153 Å². The highest BCUT2D eigenvalue weighted by molar-refractivity contribution is 6.36. The van der Waals surface area contributed by atoms with E-state index in [0.29, 0.717) is 5.02 Å². The molecule has 0 aliphatic rings. The summed E-state index contributed by atoms with van der Waals surface area (Å²) >= 11 is 7.88. The zero-order valence-electron chi connectivity index (χ0n) is 36.4. The smallest absolute Gasteiger partial charge is 0.0887 e. The molecule has 0 spiro atoms. The van der Waals surface area contributed by atoms with Crippen molar-refractivity contribution in [2.75, 3.05) is 14.7 Å². The molecule has 0 saturated carbocycles. The first-order valence-electron chi connectivity index (χ1n) is 20.7. The number of para-hydroxylation sites is 2. The summed E-state index contributed by atoms with van der Waals surface area (Å²) in [6, 6.07) is 61.1. The average Bonchev–Trinajstić information content (AvgIpc) is 3.20. The first-order valence-corrected chi connectivity index (χ1v) is 21.1. The average molecular weight is 797 g/mol. The molecule has 0 aromatic heterocycles. The van der Waals surface area contributed by atoms with Gasteiger partial charge in [0.1, 0.15) is 0 Å². The van der Waals surface area contributed by atoms with Crippen LogP contribution >= 0.6 is 11.6 Å². The zero-order chi connectivity index (χ0) is 42.1. The Kier molecular flexibility index (Phi) is 11.6. The van der Waals surface area contributed by atoms with Crippen LogP contribution in [0.15, 0.2) is 170 Å². The number of halogens is 1. The van der Waals surface area contributed by atoms with Gasteiger partial charge in [0.05, 0.1) is 16.4 Å². The van der Waals surface area contributed by atoms with Gasteiger partial charge in [0.15, 0.2) is 0 Å². The minimum absolute atomic E-state index is 0.00880. The highest BCUT2D eigenvalue weighted by Gasteiger charge is 2.26. The summed E-state index contributed by atoms with van der Waals surface area (Å²) in [6.07, 6.45) is 0. The fraction of sp³-hybridized carbons (Fsp3) is 0.236. The number of benzene rings is 7. The molecule has 0 unspecified atom stereocenters. The van der Waals surface area contributed by atoms with Crippen molar-refractivity contribution in [1.29, 1.82) is 0 Å². The van der Waals surface area contributed by atoms with Gasteiger partial charge in [-0.2, -0.15) is 0 Å². The summed E-state index contributed by atoms with van der Waals surface area (Å²) in [5.41, 5.74) is 14.1. The van der Waals surface area contributed by atoms with Gasteiger partial charge in [0.25, 0.3) is 0 Å². The molecule has 0 saturated heterocycles. The van der Waals surface area contributed by atoms with E-state index in [-0.39, 0.29) is 16.2 Å². The SMILES string of the molecule is Cc1cc(N(c2ccc(C(C)(C)C)cc2)c2ccc(C(C)(C)C)cc2)c(Cl)c(N(c2ccc(C(C)(C)C)cc2)c2cccc(N(c3ccccc3)c3ccccc3)c2)c1. The number of rotatable bonds is 9. The number of aryl methyl sites for hydroxylation is 1. The Hall–Kier alpha value is -5.77. The summed E-state index contributed by atoms with van der Waals surface area (Å²) in [4.78, 5) is 6.92. The molecule has 0 heterocycles. The second-order valence-electron chi connectivity index (χ2n) is 18.7. The van der Waals surface area contributed by atoms with Crippen LogP contribution in [0.1, 0.15) is 84.6 Å². The van der Waals surface area contributed by atoms with E-state index in [0.717, 1.165) is 56.7 Å². The lowest BCUT2D eigenvalue weighted by molar-refractivity contribution is 0.590. The lowest BCUT2D eigenvalue weighted by atomic mass is 9.86. The predicted octanol–water partition coefficient (Wildman–Crippen LogP) is 17.0. The largest absolute Gasteiger partial charge is 0.310 e. The second-order valence-corrected chi connectivity index (χ2v) is 19.1. The normalized spacial score (nSPS) is 12.0. The van der Waals surface area contributed by atoms with Crippen LogP contribution in [0.25, 0.3) is 0 Å². The Labute approximate surface area is 358 Å². The maximum Gasteiger partial charge on any atom is 0.0887 e. The quantitative estimate of drug-likeness (QED) is 0.144. The van der Waals surface area contributed by atoms with Gasteiger partial charge >= 0.3 is 0 Å². The molecule has 7 aromatic carbocycles. The van der Waals surface area contributed by atoms with Crippen molar-refractivity contribution in [2.24, 2.45) is 0 Å². The molecular weight excluding hydrogens is 738 g/mol. The van der Waals surface area contributed by atoms with Crippen LogP contribution < -0.4 is 14.7 Å². The Morgan fingerprint density at radius 1 is 0.322 bits per heavy atom. The molecule has 7 aromatic rings. The summed E-state index contributed by atoms with van der Waals surface area (Å²) in [6.45, 7) is 22.5. The van der Waals surface area contributed by atoms with Crippen LogP contribution in [0.5, 0.6) is 0 Å². The number of nitrogens with zero attached hydrogens (tertiary/aromatic N) is 3. The van der Waals surface area contributed by atoms with Gasteiger partial charge in [-0.25, -0.2) is 0 Å². The zero-order valence-corrected chi connectivity index (χ0v) is 37.1. The third-order valence-corrected chi connectivity index (χ3v) is 11.4. The molecule has 0 aliphatic carbocycles. The molecule has 0 aliphatic heterocycles. The first-order chi connectivity index (χ1) is 28.0. The van der Waals surface area contributed by atoms with Gasteiger partial charge < -0.3 is 14.7 Å². The Morgan fingerprint density at radius 2 is 0.610 bits per heavy atom. The fourth-order valence-corrected chi connectivity index (χ4v) is 7.89. The van der Waals surface area contributed by atoms with Crippen LogP contribution in [-0.4, -0.2) is 0 Å². The molecular formula is C55H58ClN3. The fourth-order valence-electron chi connectivity index (χ4n) is 7.61. The minimum Gasteiger partial charge on any atom is -0.310 e. The molecule has 0 radical (unpaired) electrons. The van der Waals surface area contributed by atoms with Crippen molar-refractivity contribution >= 4 is 62.8 Å². The molecule has 0 amide bonds. The molecule has 0 N–H and O–H groups in total. The third kappa shape index (κ3) is 9.12. The summed E-state index contributed by atoms with van der Waals surface area (Å²) in [5.74, 6) is 0. The Balaban J connectivity index is 1.45. The molecule has 4 heteroatoms. The molecule has 3 nitrogen and oxygen atoms in total. The van der Waals surface area contributed by atoms with Crippen molar-refractivity contribution in [2.45, 2.75) is 85.5 Å². The number of anilines is 9. The number of hydrogen-bond donors (Lipinski definition) is 0. The van der Waals surface area contributed by atoms with Crippen LogP contribution in [0.2, 0.25) is 5.02 Å². The summed E-state index contributed by atoms with van der Waals surface area (Å²) < 4.78 is 0. The minimum atomic E-state index is 0.00880. The number of hydrogen-bond acceptors (Lipinski definition) is 3. The van der Waals surface area contributed by atoms with Gasteiger partial charge in [-0.05, 0) is 136 Å². The van der Waals surface area contributed by atoms with Crippen LogP contribution in [0, 0.1) is 6.92 Å². The first kappa shape index (κ1) is 41.4. The molecule has 59 heavy (non-hydrogen) atoms. The van der Waals surface area contributed by atoms with E-state index in [1.165, 1.54) is 16.7 Å². The van der Waals surface area contributed by atoms with E-state index in [4.69, 9.17) is 11.6 Å². The standard InChI is InChI=1S/C55H58ClN3/c1-39-36-50(58(45-30-24-40(25-31-45)53(2,3)4)46-32-26-41(27-33-46)54(5,6)7)52(56)51(37-39)59(47-34-28-42(29-35-47)55(8,9)10)49-23-17-22-48(38-49)57(43-18-13-11-14-19-43)44-20-15-12-16-21-44/h11-38H,1-10H3. The summed E-state index contributed by atoms with van der Waals surface area (Å²) in [5, 5.41) is 0.656. The highest BCUT2D eigenvalue weighted by Crippen LogP contribution is 2.49. The van der Waals surface area contributed by atoms with Crippen molar-refractivity contribution in [3.63, 3.8) is 0 Å². The van der Waals surface area contributed by atoms with Crippen LogP contribution in [0.4, 0.5) is 51.2 Å². The van der Waals surface area contributed by atoms with E-state index >= 15 is 0 Å². The monoisotopic (exact) mass is 795 g/mol. The van der Waals surface area contributed by atoms with Crippen LogP contribution in [-0.2, 0) is 16.2 Å². The van der Waals surface area contributed by atoms with Gasteiger partial charge in [0.2, 0.25) is 0 Å². The summed E-state index contributed by atoms with van der Waals surface area (Å²) in [7, 11) is 0. The van der Waals surface area contributed by atoms with Crippen molar-refractivity contribution in [3.8, 4) is 0 Å². The van der Waals surface area contributed by atoms with Crippen molar-refractivity contribution in [3.05, 3.63) is 197 Å². The predicted molar refractivity (Wildman–Crippen MR) is 256 cm³/mol. The van der Waals surface area contributed by atoms with Crippen molar-refractivity contribution < 1.29 is 0 Å². The van der Waals surface area contributed by atoms with Gasteiger partial charge in [0, 0.05) is 39.8 Å². The maximum atomic E-state index is 7.88. The van der Waals surface area contributed by atoms with Gasteiger partial charge in [-0.3, -0.25) is 0 Å². The topological polar surface area (TPSA) is 9.72 Å². The van der Waals surface area contributed by atoms with Gasteiger partial charge in [-0.15, -0.1) is 0 Å². The molecule has 0 fully saturated rings. The lowest BCUT2D eigenvalue weighted by Gasteiger charge is -2.33. The molecule has 0 bridgehead atoms. The van der Waals surface area contributed by atoms with E-state index in [2.05, 4.69) is 254 Å². The molecule has 0 atom stereocenters. The maximum absolute atomic E-state index is 7.88. The molecule has 7 rings (SSSR count). The van der Waals surface area contributed by atoms with Crippen molar-refractivity contribution in [1.82, 2.24) is 0 Å². The highest BCUT2D eigenvalue weighted by atomic mass is 35.5. The van der Waals surface area contributed by atoms with E-state index in [1.54, 1.807) is 0 Å². The van der Waals surface area contributed by atoms with E-state index in [1.807, 2.05) is 0 Å². The second kappa shape index (κ2) is 16.5.